The number of amides is 1. The van der Waals surface area contributed by atoms with E-state index in [1.165, 1.54) is 0 Å². The van der Waals surface area contributed by atoms with E-state index in [-0.39, 0.29) is 18.2 Å². The van der Waals surface area contributed by atoms with Gasteiger partial charge in [0, 0.05) is 6.54 Å². The summed E-state index contributed by atoms with van der Waals surface area (Å²) in [6.07, 6.45) is 2.30. The van der Waals surface area contributed by atoms with Crippen LogP contribution in [0, 0.1) is 5.92 Å². The Morgan fingerprint density at radius 2 is 1.94 bits per heavy atom. The monoisotopic (exact) mass is 227 g/mol. The maximum absolute atomic E-state index is 11.9. The second-order valence-electron chi connectivity index (χ2n) is 5.86. The van der Waals surface area contributed by atoms with Gasteiger partial charge >= 0.3 is 6.09 Å². The normalized spacial score (nSPS) is 30.6. The third-order valence-corrected chi connectivity index (χ3v) is 3.15. The van der Waals surface area contributed by atoms with Gasteiger partial charge in [-0.2, -0.15) is 0 Å². The first-order valence-electron chi connectivity index (χ1n) is 6.06. The van der Waals surface area contributed by atoms with Gasteiger partial charge in [0.25, 0.3) is 0 Å². The number of carbonyl (C=O) groups is 1. The maximum Gasteiger partial charge on any atom is 0.410 e. The van der Waals surface area contributed by atoms with E-state index in [9.17, 15) is 9.90 Å². The van der Waals surface area contributed by atoms with E-state index in [4.69, 9.17) is 4.74 Å². The maximum atomic E-state index is 11.9. The van der Waals surface area contributed by atoms with Crippen LogP contribution in [0.15, 0.2) is 0 Å². The lowest BCUT2D eigenvalue weighted by Gasteiger charge is -2.29. The molecular formula is C12H21NO3. The van der Waals surface area contributed by atoms with E-state index in [0.717, 1.165) is 12.8 Å². The molecule has 2 aliphatic rings. The molecule has 0 unspecified atom stereocenters. The third-order valence-electron chi connectivity index (χ3n) is 3.15. The van der Waals surface area contributed by atoms with Crippen molar-refractivity contribution in [2.45, 2.75) is 57.8 Å². The number of aliphatic hydroxyl groups excluding tert-OH is 1. The SMILES string of the molecule is CC(C)(C)OC(=O)N1CC[C@@H](O)[C@H]1C1CC1. The van der Waals surface area contributed by atoms with Crippen molar-refractivity contribution >= 4 is 6.09 Å². The first-order chi connectivity index (χ1) is 7.38. The molecule has 1 aliphatic heterocycles. The van der Waals surface area contributed by atoms with Crippen LogP contribution >= 0.6 is 0 Å². The lowest BCUT2D eigenvalue weighted by atomic mass is 10.1. The molecule has 2 atom stereocenters. The molecule has 16 heavy (non-hydrogen) atoms. The zero-order valence-corrected chi connectivity index (χ0v) is 10.3. The highest BCUT2D eigenvalue weighted by atomic mass is 16.6. The molecule has 1 N–H and O–H groups in total. The first kappa shape index (κ1) is 11.7. The third kappa shape index (κ3) is 2.48. The quantitative estimate of drug-likeness (QED) is 0.742. The molecule has 0 radical (unpaired) electrons. The van der Waals surface area contributed by atoms with Crippen LogP contribution in [0.5, 0.6) is 0 Å². The number of nitrogens with zero attached hydrogens (tertiary/aromatic N) is 1. The average Bonchev–Trinajstić information content (AvgIpc) is 2.87. The number of carbonyl (C=O) groups excluding carboxylic acids is 1. The van der Waals surface area contributed by atoms with Crippen LogP contribution in [0.3, 0.4) is 0 Å². The fourth-order valence-corrected chi connectivity index (χ4v) is 2.34. The zero-order chi connectivity index (χ0) is 11.9. The van der Waals surface area contributed by atoms with E-state index >= 15 is 0 Å². The number of hydrogen-bond acceptors (Lipinski definition) is 3. The van der Waals surface area contributed by atoms with Crippen molar-refractivity contribution in [2.75, 3.05) is 6.54 Å². The van der Waals surface area contributed by atoms with E-state index in [2.05, 4.69) is 0 Å². The highest BCUT2D eigenvalue weighted by Crippen LogP contribution is 2.40. The summed E-state index contributed by atoms with van der Waals surface area (Å²) < 4.78 is 5.35. The topological polar surface area (TPSA) is 49.8 Å². The fraction of sp³-hybridized carbons (Fsp3) is 0.917. The summed E-state index contributed by atoms with van der Waals surface area (Å²) in [5.74, 6) is 0.491. The van der Waals surface area contributed by atoms with Crippen LogP contribution < -0.4 is 0 Å². The number of hydrogen-bond donors (Lipinski definition) is 1. The molecule has 1 heterocycles. The molecular weight excluding hydrogens is 206 g/mol. The summed E-state index contributed by atoms with van der Waals surface area (Å²) in [4.78, 5) is 13.7. The summed E-state index contributed by atoms with van der Waals surface area (Å²) in [7, 11) is 0. The van der Waals surface area contributed by atoms with Crippen LogP contribution in [0.2, 0.25) is 0 Å². The second kappa shape index (κ2) is 3.91. The van der Waals surface area contributed by atoms with Crippen LogP contribution in [-0.2, 0) is 4.74 Å². The summed E-state index contributed by atoms with van der Waals surface area (Å²) in [5.41, 5.74) is -0.460. The number of aliphatic hydroxyl groups is 1. The predicted octanol–water partition coefficient (Wildman–Crippen LogP) is 1.77. The van der Waals surface area contributed by atoms with Crippen LogP contribution in [-0.4, -0.2) is 40.4 Å². The largest absolute Gasteiger partial charge is 0.444 e. The van der Waals surface area contributed by atoms with Gasteiger partial charge in [0.15, 0.2) is 0 Å². The van der Waals surface area contributed by atoms with Crippen molar-refractivity contribution in [3.05, 3.63) is 0 Å². The van der Waals surface area contributed by atoms with Gasteiger partial charge in [-0.25, -0.2) is 4.79 Å². The Hall–Kier alpha value is -0.770. The van der Waals surface area contributed by atoms with Gasteiger partial charge in [0.2, 0.25) is 0 Å². The summed E-state index contributed by atoms with van der Waals surface area (Å²) in [6, 6.07) is -0.00477. The van der Waals surface area contributed by atoms with E-state index in [1.54, 1.807) is 4.90 Å². The Labute approximate surface area is 96.6 Å². The molecule has 0 aromatic carbocycles. The molecule has 2 fully saturated rings. The molecule has 2 rings (SSSR count). The Kier molecular flexibility index (Phi) is 2.86. The molecule has 1 saturated carbocycles. The van der Waals surface area contributed by atoms with Gasteiger partial charge in [-0.1, -0.05) is 0 Å². The highest BCUT2D eigenvalue weighted by molar-refractivity contribution is 5.69. The molecule has 1 amide bonds. The predicted molar refractivity (Wildman–Crippen MR) is 60.1 cm³/mol. The van der Waals surface area contributed by atoms with Crippen molar-refractivity contribution in [1.29, 1.82) is 0 Å². The van der Waals surface area contributed by atoms with Gasteiger partial charge in [-0.3, -0.25) is 0 Å². The van der Waals surface area contributed by atoms with Crippen LogP contribution in [0.4, 0.5) is 4.79 Å². The van der Waals surface area contributed by atoms with Crippen molar-refractivity contribution in [2.24, 2.45) is 5.92 Å². The van der Waals surface area contributed by atoms with Crippen LogP contribution in [0.25, 0.3) is 0 Å². The lowest BCUT2D eigenvalue weighted by Crippen LogP contribution is -2.43. The molecule has 1 saturated heterocycles. The van der Waals surface area contributed by atoms with E-state index in [1.807, 2.05) is 20.8 Å². The molecule has 1 aliphatic carbocycles. The van der Waals surface area contributed by atoms with Crippen molar-refractivity contribution in [3.63, 3.8) is 0 Å². The van der Waals surface area contributed by atoms with E-state index < -0.39 is 5.60 Å². The number of rotatable bonds is 1. The minimum Gasteiger partial charge on any atom is -0.444 e. The second-order valence-corrected chi connectivity index (χ2v) is 5.86. The van der Waals surface area contributed by atoms with Gasteiger partial charge in [0.05, 0.1) is 12.1 Å². The van der Waals surface area contributed by atoms with Gasteiger partial charge in [0.1, 0.15) is 5.60 Å². The Morgan fingerprint density at radius 3 is 2.44 bits per heavy atom. The molecule has 0 bridgehead atoms. The van der Waals surface area contributed by atoms with Crippen molar-refractivity contribution in [3.8, 4) is 0 Å². The molecule has 4 heteroatoms. The van der Waals surface area contributed by atoms with Crippen LogP contribution in [0.1, 0.15) is 40.0 Å². The fourth-order valence-electron chi connectivity index (χ4n) is 2.34. The Bertz CT molecular complexity index is 280. The first-order valence-corrected chi connectivity index (χ1v) is 6.06. The average molecular weight is 227 g/mol. The summed E-state index contributed by atoms with van der Waals surface area (Å²) in [5, 5.41) is 9.87. The number of likely N-dealkylation sites (tertiary alicyclic amines) is 1. The van der Waals surface area contributed by atoms with Crippen molar-refractivity contribution in [1.82, 2.24) is 4.90 Å². The molecule has 0 aromatic heterocycles. The highest BCUT2D eigenvalue weighted by Gasteiger charge is 2.46. The van der Waals surface area contributed by atoms with Gasteiger partial charge < -0.3 is 14.7 Å². The standard InChI is InChI=1S/C12H21NO3/c1-12(2,3)16-11(15)13-7-6-9(14)10(13)8-4-5-8/h8-10,14H,4-7H2,1-3H3/t9-,10-/m1/s1. The Morgan fingerprint density at radius 1 is 1.31 bits per heavy atom. The molecule has 0 aromatic rings. The van der Waals surface area contributed by atoms with Crippen molar-refractivity contribution < 1.29 is 14.6 Å². The lowest BCUT2D eigenvalue weighted by molar-refractivity contribution is 0.0125. The molecule has 4 nitrogen and oxygen atoms in total. The molecule has 92 valence electrons. The van der Waals surface area contributed by atoms with Gasteiger partial charge in [-0.05, 0) is 46.0 Å². The summed E-state index contributed by atoms with van der Waals surface area (Å²) in [6.45, 7) is 6.22. The smallest absolute Gasteiger partial charge is 0.410 e. The zero-order valence-electron chi connectivity index (χ0n) is 10.3. The summed E-state index contributed by atoms with van der Waals surface area (Å²) >= 11 is 0. The Balaban J connectivity index is 2.00. The minimum atomic E-state index is -0.460. The minimum absolute atomic E-state index is 0.00477. The molecule has 0 spiro atoms. The number of ether oxygens (including phenoxy) is 1. The van der Waals surface area contributed by atoms with E-state index in [0.29, 0.717) is 18.9 Å². The van der Waals surface area contributed by atoms with Gasteiger partial charge in [-0.15, -0.1) is 0 Å².